The van der Waals surface area contributed by atoms with Crippen molar-refractivity contribution in [3.63, 3.8) is 0 Å². The Bertz CT molecular complexity index is 652. The monoisotopic (exact) mass is 290 g/mol. The van der Waals surface area contributed by atoms with Gasteiger partial charge < -0.3 is 5.32 Å². The van der Waals surface area contributed by atoms with Crippen molar-refractivity contribution in [2.45, 2.75) is 33.2 Å². The molecule has 8 heteroatoms. The van der Waals surface area contributed by atoms with E-state index in [0.717, 1.165) is 12.1 Å². The van der Waals surface area contributed by atoms with E-state index >= 15 is 0 Å². The van der Waals surface area contributed by atoms with Crippen molar-refractivity contribution in [2.75, 3.05) is 5.32 Å². The summed E-state index contributed by atoms with van der Waals surface area (Å²) < 4.78 is 1.51. The summed E-state index contributed by atoms with van der Waals surface area (Å²) in [7, 11) is 1.69. The average molecular weight is 290 g/mol. The Morgan fingerprint density at radius 3 is 2.86 bits per heavy atom. The van der Waals surface area contributed by atoms with E-state index in [0.29, 0.717) is 30.3 Å². The van der Waals surface area contributed by atoms with Crippen LogP contribution in [0.25, 0.3) is 0 Å². The maximum atomic E-state index is 11.3. The molecule has 2 rings (SSSR count). The quantitative estimate of drug-likeness (QED) is 0.645. The summed E-state index contributed by atoms with van der Waals surface area (Å²) in [4.78, 5) is 19.2. The summed E-state index contributed by atoms with van der Waals surface area (Å²) in [6, 6.07) is 1.77. The Morgan fingerprint density at radius 2 is 2.24 bits per heavy atom. The van der Waals surface area contributed by atoms with E-state index in [-0.39, 0.29) is 10.6 Å². The molecule has 2 aromatic rings. The molecule has 21 heavy (non-hydrogen) atoms. The average Bonchev–Trinajstić information content (AvgIpc) is 2.73. The number of rotatable bonds is 6. The molecule has 0 amide bonds. The van der Waals surface area contributed by atoms with Crippen LogP contribution in [0.4, 0.5) is 11.5 Å². The van der Waals surface area contributed by atoms with Crippen molar-refractivity contribution in [1.29, 1.82) is 0 Å². The molecule has 0 spiro atoms. The van der Waals surface area contributed by atoms with Gasteiger partial charge in [0.15, 0.2) is 0 Å². The number of anilines is 1. The highest BCUT2D eigenvalue weighted by atomic mass is 16.6. The molecular weight excluding hydrogens is 272 g/mol. The van der Waals surface area contributed by atoms with Gasteiger partial charge in [-0.25, -0.2) is 14.6 Å². The first-order valence-corrected chi connectivity index (χ1v) is 6.75. The van der Waals surface area contributed by atoms with E-state index in [1.54, 1.807) is 26.2 Å². The predicted octanol–water partition coefficient (Wildman–Crippen LogP) is 1.99. The fraction of sp³-hybridized carbons (Fsp3) is 0.462. The van der Waals surface area contributed by atoms with Crippen LogP contribution in [0, 0.1) is 17.0 Å². The zero-order chi connectivity index (χ0) is 15.4. The van der Waals surface area contributed by atoms with E-state index in [9.17, 15) is 10.1 Å². The minimum absolute atomic E-state index is 0.0464. The third-order valence-corrected chi connectivity index (χ3v) is 3.03. The van der Waals surface area contributed by atoms with E-state index in [1.807, 2.05) is 6.92 Å². The van der Waals surface area contributed by atoms with E-state index < -0.39 is 0 Å². The van der Waals surface area contributed by atoms with Crippen LogP contribution in [0.3, 0.4) is 0 Å². The van der Waals surface area contributed by atoms with Gasteiger partial charge in [0.25, 0.3) is 0 Å². The number of aryl methyl sites for hydroxylation is 3. The van der Waals surface area contributed by atoms with E-state index in [1.165, 1.54) is 4.68 Å². The van der Waals surface area contributed by atoms with Gasteiger partial charge in [-0.05, 0) is 19.4 Å². The number of hydrogen-bond acceptors (Lipinski definition) is 6. The van der Waals surface area contributed by atoms with Gasteiger partial charge in [-0.2, -0.15) is 5.10 Å². The molecule has 0 saturated heterocycles. The topological polar surface area (TPSA) is 98.8 Å². The van der Waals surface area contributed by atoms with Gasteiger partial charge in [-0.15, -0.1) is 0 Å². The Kier molecular flexibility index (Phi) is 4.46. The predicted molar refractivity (Wildman–Crippen MR) is 78.0 cm³/mol. The first-order valence-electron chi connectivity index (χ1n) is 6.75. The van der Waals surface area contributed by atoms with Crippen molar-refractivity contribution < 1.29 is 4.92 Å². The Labute approximate surface area is 122 Å². The van der Waals surface area contributed by atoms with Gasteiger partial charge in [0.1, 0.15) is 11.5 Å². The summed E-state index contributed by atoms with van der Waals surface area (Å²) in [5, 5.41) is 18.6. The Morgan fingerprint density at radius 1 is 1.48 bits per heavy atom. The first kappa shape index (κ1) is 14.9. The minimum atomic E-state index is -0.383. The lowest BCUT2D eigenvalue weighted by molar-refractivity contribution is -0.384. The molecule has 0 saturated carbocycles. The Hall–Kier alpha value is -2.51. The molecule has 0 unspecified atom stereocenters. The van der Waals surface area contributed by atoms with Crippen LogP contribution in [0.15, 0.2) is 12.3 Å². The van der Waals surface area contributed by atoms with Crippen LogP contribution in [0.1, 0.15) is 30.6 Å². The summed E-state index contributed by atoms with van der Waals surface area (Å²) >= 11 is 0. The van der Waals surface area contributed by atoms with Crippen LogP contribution in [0.5, 0.6) is 0 Å². The van der Waals surface area contributed by atoms with Gasteiger partial charge >= 0.3 is 5.69 Å². The second-order valence-electron chi connectivity index (χ2n) is 4.72. The number of nitro groups is 1. The summed E-state index contributed by atoms with van der Waals surface area (Å²) in [6.07, 6.45) is 3.06. The molecule has 0 radical (unpaired) electrons. The van der Waals surface area contributed by atoms with Gasteiger partial charge in [-0.1, -0.05) is 13.3 Å². The number of aromatic nitrogens is 4. The highest BCUT2D eigenvalue weighted by molar-refractivity contribution is 5.59. The van der Waals surface area contributed by atoms with Crippen LogP contribution in [-0.2, 0) is 20.0 Å². The van der Waals surface area contributed by atoms with Crippen molar-refractivity contribution in [1.82, 2.24) is 19.7 Å². The van der Waals surface area contributed by atoms with Crippen molar-refractivity contribution in [2.24, 2.45) is 7.05 Å². The van der Waals surface area contributed by atoms with Gasteiger partial charge in [0.05, 0.1) is 17.2 Å². The van der Waals surface area contributed by atoms with E-state index in [2.05, 4.69) is 20.4 Å². The molecule has 8 nitrogen and oxygen atoms in total. The normalized spacial score (nSPS) is 10.6. The molecule has 1 N–H and O–H groups in total. The molecule has 0 aliphatic carbocycles. The van der Waals surface area contributed by atoms with Crippen molar-refractivity contribution in [3.05, 3.63) is 39.6 Å². The smallest absolute Gasteiger partial charge is 0.334 e. The number of nitrogens with one attached hydrogen (secondary N) is 1. The summed E-state index contributed by atoms with van der Waals surface area (Å²) in [5.74, 6) is 1.07. The maximum absolute atomic E-state index is 11.3. The largest absolute Gasteiger partial charge is 0.359 e. The molecule has 0 fully saturated rings. The van der Waals surface area contributed by atoms with Crippen LogP contribution in [0.2, 0.25) is 0 Å². The zero-order valence-electron chi connectivity index (χ0n) is 12.3. The van der Waals surface area contributed by atoms with E-state index in [4.69, 9.17) is 0 Å². The highest BCUT2D eigenvalue weighted by Gasteiger charge is 2.25. The third-order valence-electron chi connectivity index (χ3n) is 3.03. The third kappa shape index (κ3) is 3.33. The summed E-state index contributed by atoms with van der Waals surface area (Å²) in [6.45, 7) is 4.15. The minimum Gasteiger partial charge on any atom is -0.359 e. The van der Waals surface area contributed by atoms with Crippen LogP contribution >= 0.6 is 0 Å². The summed E-state index contributed by atoms with van der Waals surface area (Å²) in [5.41, 5.74) is 1.33. The van der Waals surface area contributed by atoms with Gasteiger partial charge in [0.2, 0.25) is 5.82 Å². The molecule has 0 atom stereocenters. The molecular formula is C13H18N6O2. The number of hydrogen-bond donors (Lipinski definition) is 1. The fourth-order valence-electron chi connectivity index (χ4n) is 2.14. The second-order valence-corrected chi connectivity index (χ2v) is 4.72. The lowest BCUT2D eigenvalue weighted by Crippen LogP contribution is -2.08. The lowest BCUT2D eigenvalue weighted by atomic mass is 10.2. The van der Waals surface area contributed by atoms with Gasteiger partial charge in [0, 0.05) is 13.2 Å². The van der Waals surface area contributed by atoms with Gasteiger partial charge in [-0.3, -0.25) is 10.1 Å². The van der Waals surface area contributed by atoms with Crippen molar-refractivity contribution in [3.8, 4) is 0 Å². The molecule has 0 aromatic carbocycles. The maximum Gasteiger partial charge on any atom is 0.334 e. The van der Waals surface area contributed by atoms with Crippen LogP contribution < -0.4 is 5.32 Å². The molecule has 0 aliphatic heterocycles. The fourth-order valence-corrected chi connectivity index (χ4v) is 2.14. The Balaban J connectivity index is 2.25. The first-order chi connectivity index (χ1) is 10.0. The van der Waals surface area contributed by atoms with Crippen LogP contribution in [-0.4, -0.2) is 24.7 Å². The number of nitrogens with zero attached hydrogens (tertiary/aromatic N) is 5. The standard InChI is InChI=1S/C13H18N6O2/c1-4-5-11-12(19(20)21)13(18(3)17-11)15-8-10-6-7-14-9(2)16-10/h6-7,15H,4-5,8H2,1-3H3. The molecule has 0 aliphatic rings. The SMILES string of the molecule is CCCc1nn(C)c(NCc2ccnc(C)n2)c1[N+](=O)[O-]. The molecule has 0 bridgehead atoms. The molecule has 112 valence electrons. The molecule has 2 heterocycles. The highest BCUT2D eigenvalue weighted by Crippen LogP contribution is 2.29. The molecule has 2 aromatic heterocycles. The van der Waals surface area contributed by atoms with Crippen molar-refractivity contribution >= 4 is 11.5 Å². The lowest BCUT2D eigenvalue weighted by Gasteiger charge is -2.06. The zero-order valence-corrected chi connectivity index (χ0v) is 12.3. The second kappa shape index (κ2) is 6.29.